The van der Waals surface area contributed by atoms with E-state index in [4.69, 9.17) is 0 Å². The number of nitro benzene ring substituents is 1. The minimum atomic E-state index is -0.653. The standard InChI is InChI=1S/C13H18N2O3S/c1-10-11(3-2-4-13(10)15(16)17)9-14-12-5-7-19(18)8-6-12/h2-4,12,14H,5-9H2,1H3. The highest BCUT2D eigenvalue weighted by Gasteiger charge is 2.18. The van der Waals surface area contributed by atoms with Crippen LogP contribution >= 0.6 is 0 Å². The topological polar surface area (TPSA) is 72.2 Å². The second-order valence-electron chi connectivity index (χ2n) is 4.82. The van der Waals surface area contributed by atoms with Crippen LogP contribution in [-0.4, -0.2) is 26.7 Å². The van der Waals surface area contributed by atoms with Crippen molar-refractivity contribution in [3.8, 4) is 0 Å². The van der Waals surface area contributed by atoms with E-state index in [0.717, 1.165) is 35.5 Å². The minimum Gasteiger partial charge on any atom is -0.310 e. The Morgan fingerprint density at radius 2 is 2.11 bits per heavy atom. The number of hydrogen-bond acceptors (Lipinski definition) is 4. The van der Waals surface area contributed by atoms with Crippen molar-refractivity contribution < 1.29 is 9.13 Å². The molecule has 2 rings (SSSR count). The number of nitrogens with zero attached hydrogens (tertiary/aromatic N) is 1. The lowest BCUT2D eigenvalue weighted by Crippen LogP contribution is -2.35. The third kappa shape index (κ3) is 3.61. The minimum absolute atomic E-state index is 0.170. The highest BCUT2D eigenvalue weighted by atomic mass is 32.2. The van der Waals surface area contributed by atoms with Crippen molar-refractivity contribution in [2.24, 2.45) is 0 Å². The van der Waals surface area contributed by atoms with Gasteiger partial charge in [-0.15, -0.1) is 0 Å². The molecule has 5 nitrogen and oxygen atoms in total. The van der Waals surface area contributed by atoms with Gasteiger partial charge < -0.3 is 5.32 Å². The molecule has 0 radical (unpaired) electrons. The maximum Gasteiger partial charge on any atom is 0.272 e. The van der Waals surface area contributed by atoms with Crippen LogP contribution < -0.4 is 5.32 Å². The van der Waals surface area contributed by atoms with E-state index in [1.807, 2.05) is 6.07 Å². The van der Waals surface area contributed by atoms with E-state index in [1.54, 1.807) is 13.0 Å². The predicted octanol–water partition coefficient (Wildman–Crippen LogP) is 1.90. The molecule has 0 aromatic heterocycles. The Hall–Kier alpha value is -1.27. The quantitative estimate of drug-likeness (QED) is 0.676. The first-order valence-electron chi connectivity index (χ1n) is 6.39. The molecule has 1 aliphatic heterocycles. The molecule has 0 amide bonds. The van der Waals surface area contributed by atoms with Gasteiger partial charge in [0.25, 0.3) is 5.69 Å². The zero-order valence-corrected chi connectivity index (χ0v) is 11.7. The van der Waals surface area contributed by atoms with Gasteiger partial charge in [-0.05, 0) is 25.3 Å². The average molecular weight is 282 g/mol. The summed E-state index contributed by atoms with van der Waals surface area (Å²) in [6, 6.07) is 5.54. The van der Waals surface area contributed by atoms with Crippen LogP contribution in [0.25, 0.3) is 0 Å². The molecule has 0 saturated carbocycles. The monoisotopic (exact) mass is 282 g/mol. The largest absolute Gasteiger partial charge is 0.310 e. The lowest BCUT2D eigenvalue weighted by molar-refractivity contribution is -0.385. The molecule has 0 aliphatic carbocycles. The second-order valence-corrected chi connectivity index (χ2v) is 6.52. The molecule has 1 aliphatic rings. The summed E-state index contributed by atoms with van der Waals surface area (Å²) in [5, 5.41) is 14.3. The first-order valence-corrected chi connectivity index (χ1v) is 7.88. The SMILES string of the molecule is Cc1c(CNC2CCS(=O)CC2)cccc1[N+](=O)[O-]. The van der Waals surface area contributed by atoms with E-state index in [9.17, 15) is 14.3 Å². The zero-order valence-electron chi connectivity index (χ0n) is 10.9. The Bertz CT molecular complexity index is 495. The van der Waals surface area contributed by atoms with Crippen LogP contribution in [0, 0.1) is 17.0 Å². The predicted molar refractivity (Wildman–Crippen MR) is 75.6 cm³/mol. The van der Waals surface area contributed by atoms with Crippen molar-refractivity contribution in [2.45, 2.75) is 32.4 Å². The summed E-state index contributed by atoms with van der Waals surface area (Å²) in [7, 11) is -0.653. The highest BCUT2D eigenvalue weighted by Crippen LogP contribution is 2.21. The van der Waals surface area contributed by atoms with Gasteiger partial charge >= 0.3 is 0 Å². The summed E-state index contributed by atoms with van der Waals surface area (Å²) in [5.74, 6) is 1.51. The third-order valence-corrected chi connectivity index (χ3v) is 4.97. The number of hydrogen-bond donors (Lipinski definition) is 1. The molecular formula is C13H18N2O3S. The van der Waals surface area contributed by atoms with Crippen LogP contribution in [0.2, 0.25) is 0 Å². The number of nitrogens with one attached hydrogen (secondary N) is 1. The Morgan fingerprint density at radius 3 is 2.74 bits per heavy atom. The van der Waals surface area contributed by atoms with E-state index in [2.05, 4.69) is 5.32 Å². The summed E-state index contributed by atoms with van der Waals surface area (Å²) in [6.45, 7) is 2.41. The van der Waals surface area contributed by atoms with Gasteiger partial charge in [-0.25, -0.2) is 0 Å². The Morgan fingerprint density at radius 1 is 1.42 bits per heavy atom. The molecule has 0 atom stereocenters. The fourth-order valence-electron chi connectivity index (χ4n) is 2.31. The summed E-state index contributed by atoms with van der Waals surface area (Å²) in [5.41, 5.74) is 1.85. The fraction of sp³-hybridized carbons (Fsp3) is 0.538. The molecule has 19 heavy (non-hydrogen) atoms. The van der Waals surface area contributed by atoms with Gasteiger partial charge in [0.05, 0.1) is 4.92 Å². The van der Waals surface area contributed by atoms with Crippen LogP contribution in [0.3, 0.4) is 0 Å². The lowest BCUT2D eigenvalue weighted by Gasteiger charge is -2.23. The van der Waals surface area contributed by atoms with Crippen LogP contribution in [0.4, 0.5) is 5.69 Å². The summed E-state index contributed by atoms with van der Waals surface area (Å²) in [6.07, 6.45) is 1.83. The molecule has 1 fully saturated rings. The maximum absolute atomic E-state index is 11.3. The molecule has 1 aromatic rings. The van der Waals surface area contributed by atoms with Crippen molar-refractivity contribution in [1.29, 1.82) is 0 Å². The average Bonchev–Trinajstić information content (AvgIpc) is 2.39. The molecular weight excluding hydrogens is 264 g/mol. The molecule has 6 heteroatoms. The molecule has 104 valence electrons. The van der Waals surface area contributed by atoms with Gasteiger partial charge in [-0.1, -0.05) is 12.1 Å². The smallest absolute Gasteiger partial charge is 0.272 e. The van der Waals surface area contributed by atoms with Crippen LogP contribution in [0.5, 0.6) is 0 Å². The molecule has 0 spiro atoms. The van der Waals surface area contributed by atoms with E-state index >= 15 is 0 Å². The number of rotatable bonds is 4. The molecule has 0 bridgehead atoms. The summed E-state index contributed by atoms with van der Waals surface area (Å²) in [4.78, 5) is 10.5. The van der Waals surface area contributed by atoms with E-state index in [1.165, 1.54) is 6.07 Å². The highest BCUT2D eigenvalue weighted by molar-refractivity contribution is 7.85. The van der Waals surface area contributed by atoms with Gasteiger partial charge in [0.15, 0.2) is 0 Å². The molecule has 1 saturated heterocycles. The van der Waals surface area contributed by atoms with Crippen LogP contribution in [-0.2, 0) is 17.3 Å². The van der Waals surface area contributed by atoms with Gasteiger partial charge in [0.1, 0.15) is 0 Å². The molecule has 1 heterocycles. The van der Waals surface area contributed by atoms with Gasteiger partial charge in [-0.2, -0.15) is 0 Å². The molecule has 0 unspecified atom stereocenters. The van der Waals surface area contributed by atoms with Crippen LogP contribution in [0.15, 0.2) is 18.2 Å². The molecule has 1 N–H and O–H groups in total. The first-order chi connectivity index (χ1) is 9.08. The van der Waals surface area contributed by atoms with E-state index in [0.29, 0.717) is 12.6 Å². The van der Waals surface area contributed by atoms with E-state index in [-0.39, 0.29) is 10.6 Å². The van der Waals surface area contributed by atoms with Gasteiger partial charge in [0.2, 0.25) is 0 Å². The Balaban J connectivity index is 1.98. The van der Waals surface area contributed by atoms with Crippen molar-refractivity contribution in [1.82, 2.24) is 5.32 Å². The van der Waals surface area contributed by atoms with Crippen LogP contribution in [0.1, 0.15) is 24.0 Å². The molecule has 1 aromatic carbocycles. The Labute approximate surface area is 115 Å². The van der Waals surface area contributed by atoms with Gasteiger partial charge in [0, 0.05) is 46.5 Å². The third-order valence-electron chi connectivity index (χ3n) is 3.58. The first kappa shape index (κ1) is 14.1. The van der Waals surface area contributed by atoms with Crippen molar-refractivity contribution >= 4 is 16.5 Å². The maximum atomic E-state index is 11.3. The Kier molecular flexibility index (Phi) is 4.66. The zero-order chi connectivity index (χ0) is 13.8. The second kappa shape index (κ2) is 6.25. The summed E-state index contributed by atoms with van der Waals surface area (Å²) < 4.78 is 11.3. The van der Waals surface area contributed by atoms with Crippen molar-refractivity contribution in [3.63, 3.8) is 0 Å². The summed E-state index contributed by atoms with van der Waals surface area (Å²) >= 11 is 0. The number of nitro groups is 1. The fourth-order valence-corrected chi connectivity index (χ4v) is 3.61. The van der Waals surface area contributed by atoms with Gasteiger partial charge in [-0.3, -0.25) is 14.3 Å². The lowest BCUT2D eigenvalue weighted by atomic mass is 10.1. The normalized spacial score (nSPS) is 23.2. The van der Waals surface area contributed by atoms with Crippen molar-refractivity contribution in [2.75, 3.05) is 11.5 Å². The van der Waals surface area contributed by atoms with Crippen molar-refractivity contribution in [3.05, 3.63) is 39.4 Å². The number of benzene rings is 1. The van der Waals surface area contributed by atoms with E-state index < -0.39 is 10.8 Å².